The van der Waals surface area contributed by atoms with Crippen molar-refractivity contribution < 1.29 is 9.84 Å². The van der Waals surface area contributed by atoms with Gasteiger partial charge in [-0.1, -0.05) is 0 Å². The maximum Gasteiger partial charge on any atom is 0.228 e. The lowest BCUT2D eigenvalue weighted by atomic mass is 10.2. The molecular formula is C8H11N3O2. The van der Waals surface area contributed by atoms with E-state index in [1.807, 2.05) is 4.90 Å². The van der Waals surface area contributed by atoms with Crippen molar-refractivity contribution in [2.45, 2.75) is 6.10 Å². The molecule has 0 amide bonds. The molecule has 0 radical (unpaired) electrons. The van der Waals surface area contributed by atoms with Gasteiger partial charge in [-0.25, -0.2) is 4.98 Å². The number of aliphatic hydroxyl groups is 1. The van der Waals surface area contributed by atoms with Crippen LogP contribution in [0.25, 0.3) is 0 Å². The SMILES string of the molecule is COc1ccnc(N2CC(O)C2)n1. The van der Waals surface area contributed by atoms with Crippen molar-refractivity contribution in [2.75, 3.05) is 25.1 Å². The Bertz CT molecular complexity index is 299. The van der Waals surface area contributed by atoms with Crippen molar-refractivity contribution in [3.05, 3.63) is 12.3 Å². The molecule has 70 valence electrons. The van der Waals surface area contributed by atoms with Gasteiger partial charge in [0.15, 0.2) is 0 Å². The molecule has 5 heteroatoms. The summed E-state index contributed by atoms with van der Waals surface area (Å²) >= 11 is 0. The van der Waals surface area contributed by atoms with Crippen LogP contribution in [-0.2, 0) is 0 Å². The molecule has 1 saturated heterocycles. The Kier molecular flexibility index (Phi) is 2.02. The summed E-state index contributed by atoms with van der Waals surface area (Å²) in [5, 5.41) is 9.08. The number of β-amino-alcohol motifs (C(OH)–C–C–N with tert-alkyl or cyclic N) is 1. The molecule has 0 unspecified atom stereocenters. The van der Waals surface area contributed by atoms with E-state index in [1.54, 1.807) is 19.4 Å². The van der Waals surface area contributed by atoms with Gasteiger partial charge in [0.2, 0.25) is 11.8 Å². The van der Waals surface area contributed by atoms with Crippen LogP contribution in [-0.4, -0.2) is 41.4 Å². The van der Waals surface area contributed by atoms with Gasteiger partial charge in [-0.15, -0.1) is 0 Å². The van der Waals surface area contributed by atoms with Gasteiger partial charge in [0, 0.05) is 25.4 Å². The van der Waals surface area contributed by atoms with E-state index in [0.717, 1.165) is 0 Å². The maximum absolute atomic E-state index is 9.08. The number of ether oxygens (including phenoxy) is 1. The Hall–Kier alpha value is -1.36. The lowest BCUT2D eigenvalue weighted by molar-refractivity contribution is 0.140. The average Bonchev–Trinajstić information content (AvgIpc) is 2.13. The van der Waals surface area contributed by atoms with Crippen LogP contribution in [0.1, 0.15) is 0 Å². The predicted molar refractivity (Wildman–Crippen MR) is 46.8 cm³/mol. The smallest absolute Gasteiger partial charge is 0.228 e. The van der Waals surface area contributed by atoms with E-state index in [4.69, 9.17) is 9.84 Å². The quantitative estimate of drug-likeness (QED) is 0.676. The molecule has 1 aromatic heterocycles. The number of aromatic nitrogens is 2. The van der Waals surface area contributed by atoms with Crippen LogP contribution in [0.15, 0.2) is 12.3 Å². The molecule has 1 N–H and O–H groups in total. The van der Waals surface area contributed by atoms with E-state index < -0.39 is 0 Å². The van der Waals surface area contributed by atoms with Crippen molar-refractivity contribution in [2.24, 2.45) is 0 Å². The molecule has 0 atom stereocenters. The van der Waals surface area contributed by atoms with Crippen LogP contribution in [0.3, 0.4) is 0 Å². The fourth-order valence-electron chi connectivity index (χ4n) is 1.22. The van der Waals surface area contributed by atoms with E-state index in [9.17, 15) is 0 Å². The summed E-state index contributed by atoms with van der Waals surface area (Å²) in [6.45, 7) is 1.21. The van der Waals surface area contributed by atoms with Crippen molar-refractivity contribution in [1.29, 1.82) is 0 Å². The third kappa shape index (κ3) is 1.55. The first-order valence-corrected chi connectivity index (χ1v) is 4.09. The van der Waals surface area contributed by atoms with Gasteiger partial charge < -0.3 is 14.7 Å². The molecule has 1 fully saturated rings. The highest BCUT2D eigenvalue weighted by molar-refractivity contribution is 5.36. The Morgan fingerprint density at radius 3 is 3.00 bits per heavy atom. The molecular weight excluding hydrogens is 170 g/mol. The summed E-state index contributed by atoms with van der Waals surface area (Å²) in [7, 11) is 1.57. The van der Waals surface area contributed by atoms with Gasteiger partial charge >= 0.3 is 0 Å². The lowest BCUT2D eigenvalue weighted by Gasteiger charge is -2.35. The standard InChI is InChI=1S/C8H11N3O2/c1-13-7-2-3-9-8(10-7)11-4-6(12)5-11/h2-3,6,12H,4-5H2,1H3. The molecule has 13 heavy (non-hydrogen) atoms. The van der Waals surface area contributed by atoms with Crippen LogP contribution in [0.5, 0.6) is 5.88 Å². The van der Waals surface area contributed by atoms with E-state index in [0.29, 0.717) is 24.9 Å². The minimum absolute atomic E-state index is 0.241. The summed E-state index contributed by atoms with van der Waals surface area (Å²) in [6, 6.07) is 1.69. The zero-order valence-corrected chi connectivity index (χ0v) is 7.34. The molecule has 1 aromatic rings. The van der Waals surface area contributed by atoms with Gasteiger partial charge in [-0.05, 0) is 0 Å². The highest BCUT2D eigenvalue weighted by Crippen LogP contribution is 2.17. The Morgan fingerprint density at radius 1 is 1.62 bits per heavy atom. The fraction of sp³-hybridized carbons (Fsp3) is 0.500. The summed E-state index contributed by atoms with van der Waals surface area (Å²) in [6.07, 6.45) is 1.40. The van der Waals surface area contributed by atoms with Crippen LogP contribution in [0.2, 0.25) is 0 Å². The van der Waals surface area contributed by atoms with Crippen LogP contribution >= 0.6 is 0 Å². The number of anilines is 1. The average molecular weight is 181 g/mol. The number of hydrogen-bond acceptors (Lipinski definition) is 5. The normalized spacial score (nSPS) is 16.9. The van der Waals surface area contributed by atoms with Crippen LogP contribution in [0.4, 0.5) is 5.95 Å². The van der Waals surface area contributed by atoms with Crippen molar-refractivity contribution in [3.63, 3.8) is 0 Å². The molecule has 1 aliphatic heterocycles. The van der Waals surface area contributed by atoms with Crippen molar-refractivity contribution in [1.82, 2.24) is 9.97 Å². The monoisotopic (exact) mass is 181 g/mol. The first-order chi connectivity index (χ1) is 6.29. The molecule has 5 nitrogen and oxygen atoms in total. The second-order valence-electron chi connectivity index (χ2n) is 2.96. The van der Waals surface area contributed by atoms with Gasteiger partial charge in [-0.3, -0.25) is 0 Å². The predicted octanol–water partition coefficient (Wildman–Crippen LogP) is -0.334. The topological polar surface area (TPSA) is 58.5 Å². The largest absolute Gasteiger partial charge is 0.481 e. The fourth-order valence-corrected chi connectivity index (χ4v) is 1.22. The highest BCUT2D eigenvalue weighted by Gasteiger charge is 2.26. The molecule has 0 saturated carbocycles. The third-order valence-corrected chi connectivity index (χ3v) is 1.97. The molecule has 0 spiro atoms. The van der Waals surface area contributed by atoms with Crippen molar-refractivity contribution >= 4 is 5.95 Å². The minimum Gasteiger partial charge on any atom is -0.481 e. The first kappa shape index (κ1) is 8.25. The maximum atomic E-state index is 9.08. The Labute approximate surface area is 76.0 Å². The van der Waals surface area contributed by atoms with Crippen LogP contribution < -0.4 is 9.64 Å². The number of hydrogen-bond donors (Lipinski definition) is 1. The van der Waals surface area contributed by atoms with E-state index in [1.165, 1.54) is 0 Å². The van der Waals surface area contributed by atoms with E-state index >= 15 is 0 Å². The van der Waals surface area contributed by atoms with Crippen LogP contribution in [0, 0.1) is 0 Å². The molecule has 0 bridgehead atoms. The first-order valence-electron chi connectivity index (χ1n) is 4.09. The number of nitrogens with zero attached hydrogens (tertiary/aromatic N) is 3. The zero-order chi connectivity index (χ0) is 9.26. The summed E-state index contributed by atoms with van der Waals surface area (Å²) in [5.41, 5.74) is 0. The van der Waals surface area contributed by atoms with E-state index in [-0.39, 0.29) is 6.10 Å². The number of rotatable bonds is 2. The Morgan fingerprint density at radius 2 is 2.38 bits per heavy atom. The van der Waals surface area contributed by atoms with Crippen molar-refractivity contribution in [3.8, 4) is 5.88 Å². The third-order valence-electron chi connectivity index (χ3n) is 1.97. The minimum atomic E-state index is -0.241. The summed E-state index contributed by atoms with van der Waals surface area (Å²) < 4.78 is 4.96. The molecule has 2 rings (SSSR count). The summed E-state index contributed by atoms with van der Waals surface area (Å²) in [5.74, 6) is 1.16. The van der Waals surface area contributed by atoms with E-state index in [2.05, 4.69) is 9.97 Å². The second kappa shape index (κ2) is 3.18. The molecule has 0 aromatic carbocycles. The van der Waals surface area contributed by atoms with Gasteiger partial charge in [0.1, 0.15) is 0 Å². The zero-order valence-electron chi connectivity index (χ0n) is 7.34. The summed E-state index contributed by atoms with van der Waals surface area (Å²) in [4.78, 5) is 10.1. The lowest BCUT2D eigenvalue weighted by Crippen LogP contribution is -2.51. The Balaban J connectivity index is 2.12. The van der Waals surface area contributed by atoms with Gasteiger partial charge in [0.05, 0.1) is 13.2 Å². The second-order valence-corrected chi connectivity index (χ2v) is 2.96. The van der Waals surface area contributed by atoms with Gasteiger partial charge in [0.25, 0.3) is 0 Å². The number of aliphatic hydroxyl groups excluding tert-OH is 1. The van der Waals surface area contributed by atoms with Gasteiger partial charge in [-0.2, -0.15) is 4.98 Å². The molecule has 0 aliphatic carbocycles. The molecule has 1 aliphatic rings. The highest BCUT2D eigenvalue weighted by atomic mass is 16.5. The number of methoxy groups -OCH3 is 1. The molecule has 2 heterocycles.